The van der Waals surface area contributed by atoms with Crippen molar-refractivity contribution in [3.8, 4) is 11.4 Å². The first kappa shape index (κ1) is 11.7. The summed E-state index contributed by atoms with van der Waals surface area (Å²) < 4.78 is 0. The van der Waals surface area contributed by atoms with Crippen molar-refractivity contribution >= 4 is 10.9 Å². The molecule has 0 radical (unpaired) electrons. The minimum atomic E-state index is -0.0821. The predicted octanol–water partition coefficient (Wildman–Crippen LogP) is 3.21. The van der Waals surface area contributed by atoms with Crippen molar-refractivity contribution in [1.29, 1.82) is 0 Å². The summed E-state index contributed by atoms with van der Waals surface area (Å²) in [5.41, 5.74) is 3.66. The third kappa shape index (κ3) is 2.03. The van der Waals surface area contributed by atoms with E-state index < -0.39 is 0 Å². The third-order valence-electron chi connectivity index (χ3n) is 3.20. The van der Waals surface area contributed by atoms with E-state index in [-0.39, 0.29) is 5.56 Å². The van der Waals surface area contributed by atoms with Crippen LogP contribution in [0.5, 0.6) is 0 Å². The highest BCUT2D eigenvalue weighted by Gasteiger charge is 2.08. The molecule has 0 aliphatic heterocycles. The average Bonchev–Trinajstić information content (AvgIpc) is 2.38. The quantitative estimate of drug-likeness (QED) is 0.720. The van der Waals surface area contributed by atoms with Gasteiger partial charge in [0.05, 0.1) is 10.9 Å². The summed E-state index contributed by atoms with van der Waals surface area (Å²) in [6.45, 7) is 3.95. The Bertz CT molecular complexity index is 804. The van der Waals surface area contributed by atoms with Gasteiger partial charge in [0.25, 0.3) is 5.56 Å². The molecular formula is C16H14N2O. The van der Waals surface area contributed by atoms with E-state index in [4.69, 9.17) is 0 Å². The van der Waals surface area contributed by atoms with Gasteiger partial charge >= 0.3 is 0 Å². The van der Waals surface area contributed by atoms with Crippen LogP contribution in [0.4, 0.5) is 0 Å². The number of aryl methyl sites for hydroxylation is 2. The zero-order valence-electron chi connectivity index (χ0n) is 10.9. The molecular weight excluding hydrogens is 236 g/mol. The van der Waals surface area contributed by atoms with E-state index in [2.05, 4.69) is 9.97 Å². The van der Waals surface area contributed by atoms with Crippen LogP contribution in [0.25, 0.3) is 22.3 Å². The number of nitrogens with one attached hydrogen (secondary N) is 1. The third-order valence-corrected chi connectivity index (χ3v) is 3.20. The maximum absolute atomic E-state index is 12.2. The van der Waals surface area contributed by atoms with Gasteiger partial charge in [-0.05, 0) is 31.0 Å². The molecule has 0 saturated carbocycles. The van der Waals surface area contributed by atoms with Gasteiger partial charge in [-0.15, -0.1) is 0 Å². The summed E-state index contributed by atoms with van der Waals surface area (Å²) in [5, 5.41) is 0.672. The highest BCUT2D eigenvalue weighted by atomic mass is 16.1. The number of nitrogens with zero attached hydrogens (tertiary/aromatic N) is 1. The minimum Gasteiger partial charge on any atom is -0.306 e. The number of fused-ring (bicyclic) bond motifs is 1. The molecule has 0 saturated heterocycles. The molecule has 3 nitrogen and oxygen atoms in total. The molecule has 0 bridgehead atoms. The molecule has 1 N–H and O–H groups in total. The standard InChI is InChI=1S/C16H14N2O/c1-10-8-11(2)14-13(9-10)17-15(18-16(14)19)12-6-4-3-5-7-12/h3-9H,1-2H3,(H,17,18,19). The zero-order valence-corrected chi connectivity index (χ0v) is 10.9. The van der Waals surface area contributed by atoms with Gasteiger partial charge in [0.2, 0.25) is 0 Å². The first-order valence-corrected chi connectivity index (χ1v) is 6.22. The van der Waals surface area contributed by atoms with E-state index in [1.165, 1.54) is 0 Å². The zero-order chi connectivity index (χ0) is 13.4. The van der Waals surface area contributed by atoms with Crippen LogP contribution in [-0.2, 0) is 0 Å². The van der Waals surface area contributed by atoms with Crippen molar-refractivity contribution in [2.24, 2.45) is 0 Å². The minimum absolute atomic E-state index is 0.0821. The Hall–Kier alpha value is -2.42. The summed E-state index contributed by atoms with van der Waals surface area (Å²) in [5.74, 6) is 0.614. The van der Waals surface area contributed by atoms with E-state index in [0.29, 0.717) is 11.2 Å². The van der Waals surface area contributed by atoms with Crippen LogP contribution in [0, 0.1) is 13.8 Å². The fourth-order valence-electron chi connectivity index (χ4n) is 2.38. The Kier molecular flexibility index (Phi) is 2.67. The SMILES string of the molecule is Cc1cc(C)c2c(=O)[nH]c(-c3ccccc3)nc2c1. The molecule has 1 heterocycles. The van der Waals surface area contributed by atoms with Crippen molar-refractivity contribution in [3.05, 3.63) is 63.9 Å². The lowest BCUT2D eigenvalue weighted by molar-refractivity contribution is 1.17. The summed E-state index contributed by atoms with van der Waals surface area (Å²) in [4.78, 5) is 19.6. The van der Waals surface area contributed by atoms with Gasteiger partial charge in [0.15, 0.2) is 0 Å². The normalized spacial score (nSPS) is 10.8. The number of benzene rings is 2. The van der Waals surface area contributed by atoms with Gasteiger partial charge in [0.1, 0.15) is 5.82 Å². The van der Waals surface area contributed by atoms with Crippen LogP contribution in [0.2, 0.25) is 0 Å². The van der Waals surface area contributed by atoms with Crippen LogP contribution in [-0.4, -0.2) is 9.97 Å². The molecule has 19 heavy (non-hydrogen) atoms. The second-order valence-electron chi connectivity index (χ2n) is 4.76. The topological polar surface area (TPSA) is 45.8 Å². The van der Waals surface area contributed by atoms with Crippen LogP contribution >= 0.6 is 0 Å². The predicted molar refractivity (Wildman–Crippen MR) is 77.3 cm³/mol. The number of H-pyrrole nitrogens is 1. The molecule has 0 amide bonds. The molecule has 0 unspecified atom stereocenters. The lowest BCUT2D eigenvalue weighted by atomic mass is 10.1. The van der Waals surface area contributed by atoms with E-state index in [9.17, 15) is 4.79 Å². The second kappa shape index (κ2) is 4.35. The molecule has 0 fully saturated rings. The second-order valence-corrected chi connectivity index (χ2v) is 4.76. The Balaban J connectivity index is 2.34. The molecule has 3 aromatic rings. The molecule has 0 spiro atoms. The lowest BCUT2D eigenvalue weighted by Crippen LogP contribution is -2.11. The van der Waals surface area contributed by atoms with Crippen molar-refractivity contribution in [1.82, 2.24) is 9.97 Å². The highest BCUT2D eigenvalue weighted by molar-refractivity contribution is 5.83. The largest absolute Gasteiger partial charge is 0.306 e. The molecule has 3 rings (SSSR count). The Morgan fingerprint density at radius 2 is 1.79 bits per heavy atom. The van der Waals surface area contributed by atoms with Gasteiger partial charge in [-0.1, -0.05) is 36.4 Å². The smallest absolute Gasteiger partial charge is 0.259 e. The molecule has 94 valence electrons. The first-order valence-electron chi connectivity index (χ1n) is 6.22. The van der Waals surface area contributed by atoms with Crippen molar-refractivity contribution in [3.63, 3.8) is 0 Å². The number of hydrogen-bond donors (Lipinski definition) is 1. The molecule has 0 atom stereocenters. The molecule has 2 aromatic carbocycles. The summed E-state index contributed by atoms with van der Waals surface area (Å²) in [7, 11) is 0. The van der Waals surface area contributed by atoms with Gasteiger partial charge in [0, 0.05) is 5.56 Å². The molecule has 3 heteroatoms. The van der Waals surface area contributed by atoms with E-state index in [1.54, 1.807) is 0 Å². The fourth-order valence-corrected chi connectivity index (χ4v) is 2.38. The Morgan fingerprint density at radius 1 is 1.05 bits per heavy atom. The van der Waals surface area contributed by atoms with E-state index in [1.807, 2.05) is 56.3 Å². The first-order chi connectivity index (χ1) is 9.15. The molecule has 0 aliphatic rings. The summed E-state index contributed by atoms with van der Waals surface area (Å²) in [6.07, 6.45) is 0. The van der Waals surface area contributed by atoms with Crippen LogP contribution < -0.4 is 5.56 Å². The molecule has 1 aromatic heterocycles. The number of hydrogen-bond acceptors (Lipinski definition) is 2. The van der Waals surface area contributed by atoms with Crippen molar-refractivity contribution in [2.45, 2.75) is 13.8 Å². The highest BCUT2D eigenvalue weighted by Crippen LogP contribution is 2.19. The van der Waals surface area contributed by atoms with Gasteiger partial charge in [-0.3, -0.25) is 4.79 Å². The summed E-state index contributed by atoms with van der Waals surface area (Å²) >= 11 is 0. The maximum Gasteiger partial charge on any atom is 0.259 e. The van der Waals surface area contributed by atoms with Crippen molar-refractivity contribution < 1.29 is 0 Å². The lowest BCUT2D eigenvalue weighted by Gasteiger charge is -2.06. The monoisotopic (exact) mass is 250 g/mol. The van der Waals surface area contributed by atoms with Gasteiger partial charge in [-0.2, -0.15) is 0 Å². The maximum atomic E-state index is 12.2. The number of aromatic nitrogens is 2. The van der Waals surface area contributed by atoms with Crippen LogP contribution in [0.3, 0.4) is 0 Å². The van der Waals surface area contributed by atoms with Gasteiger partial charge < -0.3 is 4.98 Å². The number of aromatic amines is 1. The Morgan fingerprint density at radius 3 is 2.53 bits per heavy atom. The fraction of sp³-hybridized carbons (Fsp3) is 0.125. The van der Waals surface area contributed by atoms with Crippen LogP contribution in [0.1, 0.15) is 11.1 Å². The van der Waals surface area contributed by atoms with Crippen molar-refractivity contribution in [2.75, 3.05) is 0 Å². The van der Waals surface area contributed by atoms with E-state index in [0.717, 1.165) is 22.2 Å². The molecule has 0 aliphatic carbocycles. The van der Waals surface area contributed by atoms with Gasteiger partial charge in [-0.25, -0.2) is 4.98 Å². The average molecular weight is 250 g/mol. The number of rotatable bonds is 1. The summed E-state index contributed by atoms with van der Waals surface area (Å²) in [6, 6.07) is 13.6. The van der Waals surface area contributed by atoms with Crippen LogP contribution in [0.15, 0.2) is 47.3 Å². The van der Waals surface area contributed by atoms with E-state index >= 15 is 0 Å². The Labute approximate surface area is 111 Å².